The molecule has 0 atom stereocenters. The molecule has 2 aromatic rings. The van der Waals surface area contributed by atoms with Crippen molar-refractivity contribution in [2.75, 3.05) is 18.0 Å². The lowest BCUT2D eigenvalue weighted by atomic mass is 10.4. The zero-order valence-electron chi connectivity index (χ0n) is 13.9. The molecule has 0 bridgehead atoms. The fourth-order valence-electron chi connectivity index (χ4n) is 2.72. The summed E-state index contributed by atoms with van der Waals surface area (Å²) in [6.45, 7) is 6.01. The molecule has 0 saturated carbocycles. The van der Waals surface area contributed by atoms with Crippen molar-refractivity contribution >= 4 is 27.2 Å². The van der Waals surface area contributed by atoms with Crippen LogP contribution in [-0.2, 0) is 23.0 Å². The van der Waals surface area contributed by atoms with E-state index in [4.69, 9.17) is 0 Å². The van der Waals surface area contributed by atoms with Crippen LogP contribution >= 0.6 is 11.3 Å². The Labute approximate surface area is 147 Å². The Morgan fingerprint density at radius 2 is 2.00 bits per heavy atom. The number of rotatable bonds is 6. The van der Waals surface area contributed by atoms with E-state index in [-0.39, 0.29) is 6.54 Å². The Balaban J connectivity index is 1.73. The summed E-state index contributed by atoms with van der Waals surface area (Å²) in [4.78, 5) is 12.2. The topological polar surface area (TPSA) is 75.2 Å². The first-order valence-corrected chi connectivity index (χ1v) is 10.5. The molecular weight excluding hydrogens is 344 g/mol. The summed E-state index contributed by atoms with van der Waals surface area (Å²) in [7, 11) is -3.52. The van der Waals surface area contributed by atoms with Crippen LogP contribution in [0.3, 0.4) is 0 Å². The number of nitrogens with zero attached hydrogens (tertiary/aromatic N) is 3. The maximum absolute atomic E-state index is 12.4. The van der Waals surface area contributed by atoms with Gasteiger partial charge in [-0.25, -0.2) is 23.1 Å². The van der Waals surface area contributed by atoms with Crippen LogP contribution in [0.1, 0.15) is 36.2 Å². The molecule has 0 unspecified atom stereocenters. The molecule has 1 aliphatic rings. The highest BCUT2D eigenvalue weighted by Crippen LogP contribution is 2.22. The summed E-state index contributed by atoms with van der Waals surface area (Å²) < 4.78 is 27.7. The highest BCUT2D eigenvalue weighted by molar-refractivity contribution is 7.91. The molecule has 24 heavy (non-hydrogen) atoms. The minimum atomic E-state index is -3.52. The number of aryl methyl sites for hydroxylation is 2. The zero-order valence-corrected chi connectivity index (χ0v) is 15.6. The number of thiophene rings is 1. The van der Waals surface area contributed by atoms with E-state index < -0.39 is 10.0 Å². The van der Waals surface area contributed by atoms with E-state index in [1.54, 1.807) is 6.07 Å². The van der Waals surface area contributed by atoms with Gasteiger partial charge in [-0.05, 0) is 38.3 Å². The van der Waals surface area contributed by atoms with Gasteiger partial charge in [0.05, 0.1) is 6.54 Å². The fourth-order valence-corrected chi connectivity index (χ4v) is 5.04. The normalized spacial score (nSPS) is 15.2. The van der Waals surface area contributed by atoms with E-state index in [0.717, 1.165) is 35.9 Å². The second-order valence-corrected chi connectivity index (χ2v) is 9.04. The van der Waals surface area contributed by atoms with Crippen LogP contribution in [0.2, 0.25) is 0 Å². The molecule has 6 nitrogen and oxygen atoms in total. The van der Waals surface area contributed by atoms with Gasteiger partial charge in [0.15, 0.2) is 0 Å². The first kappa shape index (κ1) is 17.3. The van der Waals surface area contributed by atoms with Gasteiger partial charge in [-0.2, -0.15) is 0 Å². The third kappa shape index (κ3) is 3.93. The molecule has 0 radical (unpaired) electrons. The molecule has 1 aliphatic heterocycles. The Morgan fingerprint density at radius 1 is 1.25 bits per heavy atom. The van der Waals surface area contributed by atoms with E-state index in [2.05, 4.69) is 19.6 Å². The molecule has 0 amide bonds. The van der Waals surface area contributed by atoms with E-state index in [9.17, 15) is 8.42 Å². The number of sulfonamides is 1. The Morgan fingerprint density at radius 3 is 2.67 bits per heavy atom. The molecule has 8 heteroatoms. The lowest BCUT2D eigenvalue weighted by Crippen LogP contribution is -2.25. The third-order valence-electron chi connectivity index (χ3n) is 3.99. The number of anilines is 1. The Hall–Kier alpha value is -1.51. The highest BCUT2D eigenvalue weighted by Gasteiger charge is 2.18. The van der Waals surface area contributed by atoms with Crippen molar-refractivity contribution in [2.45, 2.75) is 43.9 Å². The highest BCUT2D eigenvalue weighted by atomic mass is 32.2. The van der Waals surface area contributed by atoms with Gasteiger partial charge in [0.2, 0.25) is 10.0 Å². The van der Waals surface area contributed by atoms with Gasteiger partial charge in [-0.3, -0.25) is 0 Å². The lowest BCUT2D eigenvalue weighted by Gasteiger charge is -2.17. The number of hydrogen-bond acceptors (Lipinski definition) is 6. The summed E-state index contributed by atoms with van der Waals surface area (Å²) in [5.41, 5.74) is 0.852. The van der Waals surface area contributed by atoms with Gasteiger partial charge in [-0.1, -0.05) is 6.92 Å². The van der Waals surface area contributed by atoms with Crippen molar-refractivity contribution in [1.82, 2.24) is 14.7 Å². The average molecular weight is 367 g/mol. The number of hydrogen-bond donors (Lipinski definition) is 1. The molecule has 1 N–H and O–H groups in total. The maximum atomic E-state index is 12.4. The van der Waals surface area contributed by atoms with Crippen LogP contribution < -0.4 is 9.62 Å². The van der Waals surface area contributed by atoms with Crippen LogP contribution in [0.5, 0.6) is 0 Å². The van der Waals surface area contributed by atoms with Crippen LogP contribution in [0.4, 0.5) is 5.82 Å². The molecule has 2 aromatic heterocycles. The van der Waals surface area contributed by atoms with E-state index in [1.807, 2.05) is 26.0 Å². The number of aromatic nitrogens is 2. The molecule has 1 fully saturated rings. The van der Waals surface area contributed by atoms with Crippen molar-refractivity contribution in [3.05, 3.63) is 34.6 Å². The predicted octanol–water partition coefficient (Wildman–Crippen LogP) is 2.49. The van der Waals surface area contributed by atoms with Gasteiger partial charge in [-0.15, -0.1) is 11.3 Å². The van der Waals surface area contributed by atoms with Crippen molar-refractivity contribution < 1.29 is 8.42 Å². The minimum Gasteiger partial charge on any atom is -0.357 e. The van der Waals surface area contributed by atoms with Crippen molar-refractivity contribution in [2.24, 2.45) is 0 Å². The Kier molecular flexibility index (Phi) is 5.17. The summed E-state index contributed by atoms with van der Waals surface area (Å²) in [6.07, 6.45) is 3.17. The second kappa shape index (κ2) is 7.16. The van der Waals surface area contributed by atoms with Gasteiger partial charge < -0.3 is 4.90 Å². The average Bonchev–Trinajstić information content (AvgIpc) is 3.24. The predicted molar refractivity (Wildman–Crippen MR) is 95.9 cm³/mol. The van der Waals surface area contributed by atoms with E-state index >= 15 is 0 Å². The van der Waals surface area contributed by atoms with Crippen molar-refractivity contribution in [3.63, 3.8) is 0 Å². The van der Waals surface area contributed by atoms with Crippen molar-refractivity contribution in [1.29, 1.82) is 0 Å². The maximum Gasteiger partial charge on any atom is 0.250 e. The van der Waals surface area contributed by atoms with Crippen LogP contribution in [0.25, 0.3) is 0 Å². The van der Waals surface area contributed by atoms with Crippen LogP contribution in [0, 0.1) is 6.92 Å². The third-order valence-corrected chi connectivity index (χ3v) is 7.11. The van der Waals surface area contributed by atoms with E-state index in [0.29, 0.717) is 10.0 Å². The smallest absolute Gasteiger partial charge is 0.250 e. The lowest BCUT2D eigenvalue weighted by molar-refractivity contribution is 0.581. The van der Waals surface area contributed by atoms with Gasteiger partial charge in [0, 0.05) is 29.7 Å². The van der Waals surface area contributed by atoms with Gasteiger partial charge in [0.25, 0.3) is 0 Å². The quantitative estimate of drug-likeness (QED) is 0.850. The SMILES string of the molecule is CCc1ccc(S(=O)(=O)NCc2nc(C)cc(N3CCCC3)n2)s1. The van der Waals surface area contributed by atoms with Crippen molar-refractivity contribution in [3.8, 4) is 0 Å². The summed E-state index contributed by atoms with van der Waals surface area (Å²) in [5.74, 6) is 1.39. The molecule has 0 aliphatic carbocycles. The first-order chi connectivity index (χ1) is 11.5. The molecular formula is C16H22N4O2S2. The molecule has 0 aromatic carbocycles. The molecule has 130 valence electrons. The summed E-state index contributed by atoms with van der Waals surface area (Å²) in [6, 6.07) is 5.46. The van der Waals surface area contributed by atoms with Crippen LogP contribution in [0.15, 0.2) is 22.4 Å². The molecule has 0 spiro atoms. The zero-order chi connectivity index (χ0) is 17.2. The first-order valence-electron chi connectivity index (χ1n) is 8.16. The van der Waals surface area contributed by atoms with Gasteiger partial charge in [0.1, 0.15) is 15.9 Å². The van der Waals surface area contributed by atoms with Crippen LogP contribution in [-0.4, -0.2) is 31.5 Å². The monoisotopic (exact) mass is 366 g/mol. The summed E-state index contributed by atoms with van der Waals surface area (Å²) in [5, 5.41) is 0. The molecule has 1 saturated heterocycles. The van der Waals surface area contributed by atoms with E-state index in [1.165, 1.54) is 24.2 Å². The largest absolute Gasteiger partial charge is 0.357 e. The standard InChI is InChI=1S/C16H22N4O2S2/c1-3-13-6-7-16(23-13)24(21,22)17-11-14-18-12(2)10-15(19-14)20-8-4-5-9-20/h6-7,10,17H,3-5,8-9,11H2,1-2H3. The molecule has 3 heterocycles. The summed E-state index contributed by atoms with van der Waals surface area (Å²) >= 11 is 1.30. The fraction of sp³-hybridized carbons (Fsp3) is 0.500. The minimum absolute atomic E-state index is 0.101. The Bertz CT molecular complexity index is 811. The number of nitrogens with one attached hydrogen (secondary N) is 1. The molecule has 3 rings (SSSR count). The van der Waals surface area contributed by atoms with Gasteiger partial charge >= 0.3 is 0 Å². The second-order valence-electron chi connectivity index (χ2n) is 5.88.